The molecule has 4 heteroatoms. The number of aryl methyl sites for hydroxylation is 1. The quantitative estimate of drug-likeness (QED) is 0.673. The zero-order valence-corrected chi connectivity index (χ0v) is 11.9. The van der Waals surface area contributed by atoms with E-state index in [1.54, 1.807) is 11.3 Å². The first-order valence-electron chi connectivity index (χ1n) is 5.90. The molecule has 1 aromatic carbocycles. The molecule has 2 aromatic heterocycles. The van der Waals surface area contributed by atoms with E-state index in [1.165, 1.54) is 16.6 Å². The van der Waals surface area contributed by atoms with Gasteiger partial charge in [0, 0.05) is 0 Å². The fraction of sp³-hybridized carbons (Fsp3) is 0.214. The minimum Gasteiger partial charge on any atom is -0.331 e. The lowest BCUT2D eigenvalue weighted by Gasteiger charge is -2.13. The number of imidazole rings is 1. The number of hydrogen-bond donors (Lipinski definition) is 1. The first-order chi connectivity index (χ1) is 8.66. The second-order valence-electron chi connectivity index (χ2n) is 4.55. The van der Waals surface area contributed by atoms with Crippen LogP contribution in [-0.2, 0) is 0 Å². The number of aromatic nitrogens is 2. The molecule has 0 radical (unpaired) electrons. The highest BCUT2D eigenvalue weighted by Gasteiger charge is 2.13. The molecule has 0 saturated heterocycles. The van der Waals surface area contributed by atoms with Gasteiger partial charge in [-0.25, -0.2) is 0 Å². The van der Waals surface area contributed by atoms with Crippen molar-refractivity contribution in [2.24, 2.45) is 0 Å². The van der Waals surface area contributed by atoms with Crippen LogP contribution in [0.1, 0.15) is 24.1 Å². The van der Waals surface area contributed by atoms with Gasteiger partial charge in [0.05, 0.1) is 17.1 Å². The zero-order valence-electron chi connectivity index (χ0n) is 10.3. The molecule has 92 valence electrons. The predicted octanol–water partition coefficient (Wildman–Crippen LogP) is 4.68. The number of thiophene rings is 1. The lowest BCUT2D eigenvalue weighted by atomic mass is 10.1. The molecular weight excluding hydrogens is 260 g/mol. The van der Waals surface area contributed by atoms with Crippen LogP contribution in [0.4, 0.5) is 0 Å². The first-order valence-corrected chi connectivity index (χ1v) is 7.25. The summed E-state index contributed by atoms with van der Waals surface area (Å²) < 4.78 is 2.98. The van der Waals surface area contributed by atoms with Crippen molar-refractivity contribution < 1.29 is 0 Å². The molecule has 0 fully saturated rings. The van der Waals surface area contributed by atoms with Crippen LogP contribution in [0, 0.1) is 11.7 Å². The molecule has 0 amide bonds. The molecule has 1 N–H and O–H groups in total. The molecule has 2 heterocycles. The molecule has 1 atom stereocenters. The topological polar surface area (TPSA) is 20.7 Å². The van der Waals surface area contributed by atoms with Crippen molar-refractivity contribution in [2.75, 3.05) is 0 Å². The standard InChI is InChI=1S/C14H14N2S2/c1-9-3-4-12-13(7-9)16(14(17)15-12)10(2)11-5-6-18-8-11/h3-8,10H,1-2H3,(H,15,17). The zero-order chi connectivity index (χ0) is 12.7. The number of benzene rings is 1. The van der Waals surface area contributed by atoms with Crippen LogP contribution < -0.4 is 0 Å². The van der Waals surface area contributed by atoms with Crippen LogP contribution in [0.15, 0.2) is 35.0 Å². The summed E-state index contributed by atoms with van der Waals surface area (Å²) in [4.78, 5) is 3.28. The van der Waals surface area contributed by atoms with Gasteiger partial charge in [0.25, 0.3) is 0 Å². The largest absolute Gasteiger partial charge is 0.331 e. The molecule has 18 heavy (non-hydrogen) atoms. The first kappa shape index (κ1) is 11.7. The van der Waals surface area contributed by atoms with Gasteiger partial charge in [-0.05, 0) is 66.2 Å². The van der Waals surface area contributed by atoms with Crippen molar-refractivity contribution in [3.8, 4) is 0 Å². The van der Waals surface area contributed by atoms with Crippen LogP contribution in [0.25, 0.3) is 11.0 Å². The molecule has 0 aliphatic rings. The van der Waals surface area contributed by atoms with E-state index in [0.29, 0.717) is 0 Å². The second-order valence-corrected chi connectivity index (χ2v) is 5.72. The van der Waals surface area contributed by atoms with E-state index in [9.17, 15) is 0 Å². The van der Waals surface area contributed by atoms with Crippen molar-refractivity contribution in [3.63, 3.8) is 0 Å². The van der Waals surface area contributed by atoms with Crippen molar-refractivity contribution in [2.45, 2.75) is 19.9 Å². The number of nitrogens with one attached hydrogen (secondary N) is 1. The lowest BCUT2D eigenvalue weighted by molar-refractivity contribution is 0.651. The summed E-state index contributed by atoms with van der Waals surface area (Å²) in [5, 5.41) is 4.29. The summed E-state index contributed by atoms with van der Waals surface area (Å²) in [6, 6.07) is 8.81. The van der Waals surface area contributed by atoms with Gasteiger partial charge in [-0.1, -0.05) is 6.07 Å². The number of rotatable bonds is 2. The van der Waals surface area contributed by atoms with Crippen LogP contribution in [0.2, 0.25) is 0 Å². The lowest BCUT2D eigenvalue weighted by Crippen LogP contribution is -2.05. The molecule has 0 aliphatic carbocycles. The summed E-state index contributed by atoms with van der Waals surface area (Å²) in [6.45, 7) is 4.29. The Hall–Kier alpha value is -1.39. The van der Waals surface area contributed by atoms with Crippen LogP contribution >= 0.6 is 23.6 Å². The average molecular weight is 274 g/mol. The number of hydrogen-bond acceptors (Lipinski definition) is 2. The number of nitrogens with zero attached hydrogens (tertiary/aromatic N) is 1. The Morgan fingerprint density at radius 2 is 2.17 bits per heavy atom. The third-order valence-electron chi connectivity index (χ3n) is 3.29. The minimum absolute atomic E-state index is 0.263. The summed E-state index contributed by atoms with van der Waals surface area (Å²) in [5.41, 5.74) is 4.84. The summed E-state index contributed by atoms with van der Waals surface area (Å²) in [7, 11) is 0. The van der Waals surface area contributed by atoms with Crippen LogP contribution in [0.5, 0.6) is 0 Å². The maximum Gasteiger partial charge on any atom is 0.178 e. The van der Waals surface area contributed by atoms with Crippen molar-refractivity contribution in [1.82, 2.24) is 9.55 Å². The average Bonchev–Trinajstić information content (AvgIpc) is 2.94. The maximum absolute atomic E-state index is 5.46. The van der Waals surface area contributed by atoms with E-state index < -0.39 is 0 Å². The summed E-state index contributed by atoms with van der Waals surface area (Å²) in [6.07, 6.45) is 0. The van der Waals surface area contributed by atoms with Gasteiger partial charge in [-0.15, -0.1) is 0 Å². The summed E-state index contributed by atoms with van der Waals surface area (Å²) >= 11 is 7.18. The van der Waals surface area contributed by atoms with E-state index in [-0.39, 0.29) is 6.04 Å². The van der Waals surface area contributed by atoms with Crippen molar-refractivity contribution in [3.05, 3.63) is 50.9 Å². The second kappa shape index (κ2) is 4.37. The smallest absolute Gasteiger partial charge is 0.178 e. The van der Waals surface area contributed by atoms with Gasteiger partial charge in [0.2, 0.25) is 0 Å². The van der Waals surface area contributed by atoms with Gasteiger partial charge in [0.15, 0.2) is 4.77 Å². The highest BCUT2D eigenvalue weighted by Crippen LogP contribution is 2.26. The Balaban J connectivity index is 2.25. The van der Waals surface area contributed by atoms with Gasteiger partial charge in [-0.3, -0.25) is 0 Å². The molecular formula is C14H14N2S2. The van der Waals surface area contributed by atoms with E-state index >= 15 is 0 Å². The third-order valence-corrected chi connectivity index (χ3v) is 4.29. The van der Waals surface area contributed by atoms with Crippen molar-refractivity contribution in [1.29, 1.82) is 0 Å². The SMILES string of the molecule is Cc1ccc2[nH]c(=S)n(C(C)c3ccsc3)c2c1. The molecule has 2 nitrogen and oxygen atoms in total. The Morgan fingerprint density at radius 1 is 1.33 bits per heavy atom. The minimum atomic E-state index is 0.263. The molecule has 0 bridgehead atoms. The normalized spacial score (nSPS) is 13.0. The van der Waals surface area contributed by atoms with E-state index in [4.69, 9.17) is 12.2 Å². The van der Waals surface area contributed by atoms with Gasteiger partial charge < -0.3 is 9.55 Å². The van der Waals surface area contributed by atoms with Gasteiger partial charge in [-0.2, -0.15) is 11.3 Å². The highest BCUT2D eigenvalue weighted by molar-refractivity contribution is 7.71. The molecule has 0 spiro atoms. The molecule has 0 saturated carbocycles. The molecule has 3 rings (SSSR count). The third kappa shape index (κ3) is 1.82. The Morgan fingerprint density at radius 3 is 2.89 bits per heavy atom. The van der Waals surface area contributed by atoms with E-state index in [0.717, 1.165) is 10.3 Å². The predicted molar refractivity (Wildman–Crippen MR) is 80.0 cm³/mol. The fourth-order valence-electron chi connectivity index (χ4n) is 2.28. The number of H-pyrrole nitrogens is 1. The molecule has 1 unspecified atom stereocenters. The van der Waals surface area contributed by atoms with Gasteiger partial charge >= 0.3 is 0 Å². The Labute approximate surface area is 115 Å². The molecule has 3 aromatic rings. The number of fused-ring (bicyclic) bond motifs is 1. The highest BCUT2D eigenvalue weighted by atomic mass is 32.1. The van der Waals surface area contributed by atoms with E-state index in [1.807, 2.05) is 0 Å². The maximum atomic E-state index is 5.46. The van der Waals surface area contributed by atoms with Crippen molar-refractivity contribution >= 4 is 34.6 Å². The monoisotopic (exact) mass is 274 g/mol. The summed E-state index contributed by atoms with van der Waals surface area (Å²) in [5.74, 6) is 0. The Bertz CT molecular complexity index is 735. The fourth-order valence-corrected chi connectivity index (χ4v) is 3.39. The molecule has 0 aliphatic heterocycles. The Kier molecular flexibility index (Phi) is 2.84. The van der Waals surface area contributed by atoms with Crippen LogP contribution in [0.3, 0.4) is 0 Å². The van der Waals surface area contributed by atoms with E-state index in [2.05, 4.69) is 58.4 Å². The number of aromatic amines is 1. The van der Waals surface area contributed by atoms with Gasteiger partial charge in [0.1, 0.15) is 0 Å². The van der Waals surface area contributed by atoms with Crippen LogP contribution in [-0.4, -0.2) is 9.55 Å².